The first-order chi connectivity index (χ1) is 13.4. The Kier molecular flexibility index (Phi) is 5.25. The smallest absolute Gasteiger partial charge is 0.261 e. The fourth-order valence-electron chi connectivity index (χ4n) is 3.56. The molecule has 3 rings (SSSR count). The van der Waals surface area contributed by atoms with E-state index in [-0.39, 0.29) is 21.7 Å². The Labute approximate surface area is 169 Å². The summed E-state index contributed by atoms with van der Waals surface area (Å²) in [5, 5.41) is 2.73. The average molecular weight is 416 g/mol. The van der Waals surface area contributed by atoms with Crippen LogP contribution in [0.1, 0.15) is 65.2 Å². The van der Waals surface area contributed by atoms with E-state index >= 15 is 0 Å². The summed E-state index contributed by atoms with van der Waals surface area (Å²) in [5.41, 5.74) is 0.765. The van der Waals surface area contributed by atoms with Crippen LogP contribution in [0.2, 0.25) is 0 Å². The van der Waals surface area contributed by atoms with E-state index in [0.29, 0.717) is 29.7 Å². The van der Waals surface area contributed by atoms with Crippen molar-refractivity contribution in [3.05, 3.63) is 63.1 Å². The molecule has 0 saturated carbocycles. The van der Waals surface area contributed by atoms with Gasteiger partial charge in [0.25, 0.3) is 11.5 Å². The standard InChI is InChI=1S/C21H24N2O5S/c1-12(13-5-7-14(8-6-13)29(4,27)28)22-19(25)16-9-15-17(23-20(16)26)10-21(2,3)11-18(15)24/h5-9,12H,10-11H2,1-4H3,(H,22,25)(H,23,26). The zero-order chi connectivity index (χ0) is 21.6. The number of pyridine rings is 1. The van der Waals surface area contributed by atoms with Crippen molar-refractivity contribution in [1.82, 2.24) is 10.3 Å². The van der Waals surface area contributed by atoms with Crippen molar-refractivity contribution in [2.45, 2.75) is 44.6 Å². The second kappa shape index (κ2) is 7.26. The monoisotopic (exact) mass is 416 g/mol. The number of ketones is 1. The normalized spacial score (nSPS) is 16.8. The molecule has 0 spiro atoms. The molecule has 1 unspecified atom stereocenters. The highest BCUT2D eigenvalue weighted by molar-refractivity contribution is 7.90. The Morgan fingerprint density at radius 2 is 1.76 bits per heavy atom. The largest absolute Gasteiger partial charge is 0.345 e. The van der Waals surface area contributed by atoms with E-state index in [1.54, 1.807) is 19.1 Å². The Hall–Kier alpha value is -2.74. The molecule has 2 N–H and O–H groups in total. The topological polar surface area (TPSA) is 113 Å². The van der Waals surface area contributed by atoms with Crippen LogP contribution in [0.4, 0.5) is 0 Å². The first-order valence-electron chi connectivity index (χ1n) is 9.28. The Morgan fingerprint density at radius 3 is 2.34 bits per heavy atom. The van der Waals surface area contributed by atoms with Crippen LogP contribution in [0, 0.1) is 5.41 Å². The summed E-state index contributed by atoms with van der Waals surface area (Å²) in [7, 11) is -3.30. The summed E-state index contributed by atoms with van der Waals surface area (Å²) >= 11 is 0. The molecule has 1 aliphatic rings. The fourth-order valence-corrected chi connectivity index (χ4v) is 4.19. The van der Waals surface area contributed by atoms with E-state index in [2.05, 4.69) is 10.3 Å². The molecule has 29 heavy (non-hydrogen) atoms. The lowest BCUT2D eigenvalue weighted by molar-refractivity contribution is 0.0910. The molecule has 0 bridgehead atoms. The minimum atomic E-state index is -3.30. The zero-order valence-corrected chi connectivity index (χ0v) is 17.6. The molecule has 1 aromatic heterocycles. The van der Waals surface area contributed by atoms with Gasteiger partial charge < -0.3 is 10.3 Å². The summed E-state index contributed by atoms with van der Waals surface area (Å²) in [6, 6.07) is 7.09. The van der Waals surface area contributed by atoms with Crippen molar-refractivity contribution in [1.29, 1.82) is 0 Å². The van der Waals surface area contributed by atoms with Gasteiger partial charge in [-0.3, -0.25) is 14.4 Å². The first-order valence-corrected chi connectivity index (χ1v) is 11.2. The number of Topliss-reactive ketones (excluding diaryl/α,β-unsaturated/α-hetero) is 1. The number of aromatic nitrogens is 1. The van der Waals surface area contributed by atoms with Gasteiger partial charge in [0.15, 0.2) is 15.6 Å². The van der Waals surface area contributed by atoms with Crippen LogP contribution in [0.15, 0.2) is 40.0 Å². The molecule has 7 nitrogen and oxygen atoms in total. The maximum Gasteiger partial charge on any atom is 0.261 e. The van der Waals surface area contributed by atoms with Crippen molar-refractivity contribution >= 4 is 21.5 Å². The number of carbonyl (C=O) groups is 2. The maximum absolute atomic E-state index is 12.7. The number of fused-ring (bicyclic) bond motifs is 1. The summed E-state index contributed by atoms with van der Waals surface area (Å²) in [6.07, 6.45) is 2.04. The van der Waals surface area contributed by atoms with Gasteiger partial charge in [0, 0.05) is 23.9 Å². The minimum Gasteiger partial charge on any atom is -0.345 e. The number of rotatable bonds is 4. The molecule has 1 aromatic carbocycles. The van der Waals surface area contributed by atoms with Crippen molar-refractivity contribution < 1.29 is 18.0 Å². The lowest BCUT2D eigenvalue weighted by atomic mass is 9.75. The van der Waals surface area contributed by atoms with E-state index in [1.165, 1.54) is 18.2 Å². The second-order valence-corrected chi connectivity index (χ2v) is 10.4. The molecule has 1 aliphatic carbocycles. The minimum absolute atomic E-state index is 0.0917. The summed E-state index contributed by atoms with van der Waals surface area (Å²) < 4.78 is 23.1. The van der Waals surface area contributed by atoms with Gasteiger partial charge in [0.05, 0.1) is 10.9 Å². The highest BCUT2D eigenvalue weighted by atomic mass is 32.2. The van der Waals surface area contributed by atoms with Crippen LogP contribution >= 0.6 is 0 Å². The van der Waals surface area contributed by atoms with Gasteiger partial charge in [-0.1, -0.05) is 26.0 Å². The zero-order valence-electron chi connectivity index (χ0n) is 16.8. The molecule has 1 atom stereocenters. The molecule has 154 valence electrons. The molecular formula is C21H24N2O5S. The molecule has 2 aromatic rings. The van der Waals surface area contributed by atoms with Crippen molar-refractivity contribution in [3.8, 4) is 0 Å². The number of hydrogen-bond acceptors (Lipinski definition) is 5. The van der Waals surface area contributed by atoms with Gasteiger partial charge in [-0.15, -0.1) is 0 Å². The summed E-state index contributed by atoms with van der Waals surface area (Å²) in [5.74, 6) is -0.683. The predicted molar refractivity (Wildman–Crippen MR) is 109 cm³/mol. The molecule has 0 radical (unpaired) electrons. The van der Waals surface area contributed by atoms with Crippen LogP contribution in [-0.4, -0.2) is 31.3 Å². The Morgan fingerprint density at radius 1 is 1.14 bits per heavy atom. The van der Waals surface area contributed by atoms with Gasteiger partial charge in [-0.05, 0) is 42.5 Å². The predicted octanol–water partition coefficient (Wildman–Crippen LogP) is 2.42. The number of H-pyrrole nitrogens is 1. The third kappa shape index (κ3) is 4.48. The third-order valence-corrected chi connectivity index (χ3v) is 6.25. The van der Waals surface area contributed by atoms with Gasteiger partial charge in [0.1, 0.15) is 5.56 Å². The number of carbonyl (C=O) groups excluding carboxylic acids is 2. The van der Waals surface area contributed by atoms with Crippen molar-refractivity contribution in [2.75, 3.05) is 6.26 Å². The lowest BCUT2D eigenvalue weighted by Crippen LogP contribution is -2.35. The summed E-state index contributed by atoms with van der Waals surface area (Å²) in [6.45, 7) is 5.65. The van der Waals surface area contributed by atoms with Gasteiger partial charge in [0.2, 0.25) is 0 Å². The molecular weight excluding hydrogens is 392 g/mol. The second-order valence-electron chi connectivity index (χ2n) is 8.38. The first kappa shape index (κ1) is 21.0. The van der Waals surface area contributed by atoms with Gasteiger partial charge in [-0.2, -0.15) is 0 Å². The van der Waals surface area contributed by atoms with Crippen LogP contribution in [-0.2, 0) is 16.3 Å². The van der Waals surface area contributed by atoms with E-state index < -0.39 is 27.3 Å². The SMILES string of the molecule is CC(NC(=O)c1cc2c([nH]c1=O)CC(C)(C)CC2=O)c1ccc(S(C)(=O)=O)cc1. The quantitative estimate of drug-likeness (QED) is 0.795. The average Bonchev–Trinajstić information content (AvgIpc) is 2.59. The van der Waals surface area contributed by atoms with Crippen molar-refractivity contribution in [3.63, 3.8) is 0 Å². The van der Waals surface area contributed by atoms with E-state index in [0.717, 1.165) is 6.26 Å². The molecule has 0 aliphatic heterocycles. The highest BCUT2D eigenvalue weighted by Crippen LogP contribution is 2.33. The molecule has 1 amide bonds. The number of sulfone groups is 1. The molecule has 8 heteroatoms. The van der Waals surface area contributed by atoms with E-state index in [1.807, 2.05) is 13.8 Å². The third-order valence-electron chi connectivity index (χ3n) is 5.12. The molecule has 0 saturated heterocycles. The number of nitrogens with one attached hydrogen (secondary N) is 2. The highest BCUT2D eigenvalue weighted by Gasteiger charge is 2.32. The number of hydrogen-bond donors (Lipinski definition) is 2. The number of aromatic amines is 1. The van der Waals surface area contributed by atoms with Crippen molar-refractivity contribution in [2.24, 2.45) is 5.41 Å². The van der Waals surface area contributed by atoms with Crippen LogP contribution in [0.5, 0.6) is 0 Å². The van der Waals surface area contributed by atoms with Crippen LogP contribution < -0.4 is 10.9 Å². The maximum atomic E-state index is 12.7. The molecule has 1 heterocycles. The van der Waals surface area contributed by atoms with Crippen LogP contribution in [0.25, 0.3) is 0 Å². The van der Waals surface area contributed by atoms with E-state index in [4.69, 9.17) is 0 Å². The fraction of sp³-hybridized carbons (Fsp3) is 0.381. The summed E-state index contributed by atoms with van der Waals surface area (Å²) in [4.78, 5) is 40.4. The van der Waals surface area contributed by atoms with Gasteiger partial charge >= 0.3 is 0 Å². The van der Waals surface area contributed by atoms with Crippen LogP contribution in [0.3, 0.4) is 0 Å². The lowest BCUT2D eigenvalue weighted by Gasteiger charge is -2.29. The number of benzene rings is 1. The Balaban J connectivity index is 1.83. The Bertz CT molecular complexity index is 1140. The molecule has 0 fully saturated rings. The number of amides is 1. The van der Waals surface area contributed by atoms with E-state index in [9.17, 15) is 22.8 Å². The van der Waals surface area contributed by atoms with Gasteiger partial charge in [-0.25, -0.2) is 8.42 Å².